The molecule has 0 saturated heterocycles. The van der Waals surface area contributed by atoms with E-state index in [1.54, 1.807) is 18.2 Å². The normalized spacial score (nSPS) is 14.1. The number of benzene rings is 1. The lowest BCUT2D eigenvalue weighted by molar-refractivity contribution is -0.387. The molecule has 0 heterocycles. The third-order valence-corrected chi connectivity index (χ3v) is 4.23. The molecule has 0 aromatic heterocycles. The van der Waals surface area contributed by atoms with Gasteiger partial charge in [0.25, 0.3) is 5.69 Å². The van der Waals surface area contributed by atoms with Crippen LogP contribution in [0.15, 0.2) is 29.2 Å². The highest BCUT2D eigenvalue weighted by Gasteiger charge is 2.17. The van der Waals surface area contributed by atoms with Crippen molar-refractivity contribution in [2.45, 2.75) is 37.1 Å². The Morgan fingerprint density at radius 1 is 1.44 bits per heavy atom. The number of nitrogens with two attached hydrogens (primary N) is 1. The maximum Gasteiger partial charge on any atom is 0.285 e. The minimum Gasteiger partial charge on any atom is -0.328 e. The standard InChI is InChI=1S/C12H18N2O3S/c1-2-10(13)6-5-9-18(17)12-8-4-3-7-11(12)14(15)16/h3-4,7-8,10H,2,5-6,9,13H2,1H3. The first-order valence-corrected chi connectivity index (χ1v) is 7.25. The molecule has 0 fully saturated rings. The number of rotatable bonds is 7. The second-order valence-electron chi connectivity index (χ2n) is 4.09. The largest absolute Gasteiger partial charge is 0.328 e. The van der Waals surface area contributed by atoms with Gasteiger partial charge < -0.3 is 5.73 Å². The highest BCUT2D eigenvalue weighted by molar-refractivity contribution is 7.85. The molecule has 1 aromatic carbocycles. The number of para-hydroxylation sites is 1. The molecule has 2 atom stereocenters. The molecule has 2 unspecified atom stereocenters. The Balaban J connectivity index is 2.64. The number of hydrogen-bond acceptors (Lipinski definition) is 4. The van der Waals surface area contributed by atoms with Gasteiger partial charge in [-0.05, 0) is 25.3 Å². The van der Waals surface area contributed by atoms with Gasteiger partial charge in [0.2, 0.25) is 0 Å². The van der Waals surface area contributed by atoms with Crippen LogP contribution in [-0.4, -0.2) is 20.9 Å². The summed E-state index contributed by atoms with van der Waals surface area (Å²) in [6, 6.07) is 6.29. The molecule has 0 saturated carbocycles. The molecule has 100 valence electrons. The van der Waals surface area contributed by atoms with Gasteiger partial charge in [-0.25, -0.2) is 0 Å². The van der Waals surface area contributed by atoms with E-state index in [0.717, 1.165) is 12.8 Å². The maximum absolute atomic E-state index is 12.0. The highest BCUT2D eigenvalue weighted by Crippen LogP contribution is 2.22. The number of nitrogens with zero attached hydrogens (tertiary/aromatic N) is 1. The molecule has 0 aliphatic carbocycles. The van der Waals surface area contributed by atoms with Crippen LogP contribution in [0, 0.1) is 10.1 Å². The van der Waals surface area contributed by atoms with Crippen LogP contribution >= 0.6 is 0 Å². The fourth-order valence-corrected chi connectivity index (χ4v) is 2.85. The predicted molar refractivity (Wildman–Crippen MR) is 71.9 cm³/mol. The minimum absolute atomic E-state index is 0.0735. The first kappa shape index (κ1) is 14.8. The van der Waals surface area contributed by atoms with Crippen molar-refractivity contribution in [2.75, 3.05) is 5.75 Å². The predicted octanol–water partition coefficient (Wildman–Crippen LogP) is 2.22. The van der Waals surface area contributed by atoms with Crippen LogP contribution in [0.4, 0.5) is 5.69 Å². The van der Waals surface area contributed by atoms with E-state index in [0.29, 0.717) is 17.1 Å². The molecule has 0 bridgehead atoms. The van der Waals surface area contributed by atoms with E-state index in [1.807, 2.05) is 6.92 Å². The van der Waals surface area contributed by atoms with Crippen LogP contribution in [0.2, 0.25) is 0 Å². The molecule has 0 aliphatic heterocycles. The number of nitro groups is 1. The third-order valence-electron chi connectivity index (χ3n) is 2.74. The topological polar surface area (TPSA) is 86.2 Å². The fourth-order valence-electron chi connectivity index (χ4n) is 1.59. The summed E-state index contributed by atoms with van der Waals surface area (Å²) < 4.78 is 12.0. The average molecular weight is 270 g/mol. The second-order valence-corrected chi connectivity index (χ2v) is 5.62. The molecule has 0 spiro atoms. The van der Waals surface area contributed by atoms with Crippen LogP contribution in [0.25, 0.3) is 0 Å². The lowest BCUT2D eigenvalue weighted by Crippen LogP contribution is -2.19. The van der Waals surface area contributed by atoms with Crippen LogP contribution in [0.1, 0.15) is 26.2 Å². The van der Waals surface area contributed by atoms with E-state index in [2.05, 4.69) is 0 Å². The first-order valence-electron chi connectivity index (χ1n) is 5.93. The smallest absolute Gasteiger partial charge is 0.285 e. The van der Waals surface area contributed by atoms with E-state index in [4.69, 9.17) is 5.73 Å². The van der Waals surface area contributed by atoms with Crippen LogP contribution < -0.4 is 5.73 Å². The Kier molecular flexibility index (Phi) is 5.94. The Labute approximate surface area is 109 Å². The molecule has 1 rings (SSSR count). The Morgan fingerprint density at radius 3 is 2.72 bits per heavy atom. The molecule has 2 N–H and O–H groups in total. The summed E-state index contributed by atoms with van der Waals surface area (Å²) in [5.41, 5.74) is 5.70. The van der Waals surface area contributed by atoms with E-state index in [9.17, 15) is 14.3 Å². The van der Waals surface area contributed by atoms with Crippen molar-refractivity contribution < 1.29 is 9.13 Å². The quantitative estimate of drug-likeness (QED) is 0.608. The van der Waals surface area contributed by atoms with Gasteiger partial charge in [0.1, 0.15) is 4.90 Å². The van der Waals surface area contributed by atoms with Gasteiger partial charge in [0.15, 0.2) is 0 Å². The van der Waals surface area contributed by atoms with Gasteiger partial charge in [-0.15, -0.1) is 0 Å². The summed E-state index contributed by atoms with van der Waals surface area (Å²) in [6.07, 6.45) is 2.40. The third kappa shape index (κ3) is 4.19. The SMILES string of the molecule is CCC(N)CCCS(=O)c1ccccc1[N+](=O)[O-]. The Hall–Kier alpha value is -1.27. The van der Waals surface area contributed by atoms with Crippen molar-refractivity contribution in [2.24, 2.45) is 5.73 Å². The van der Waals surface area contributed by atoms with Crippen molar-refractivity contribution in [3.63, 3.8) is 0 Å². The zero-order chi connectivity index (χ0) is 13.5. The van der Waals surface area contributed by atoms with Crippen LogP contribution in [0.5, 0.6) is 0 Å². The van der Waals surface area contributed by atoms with Gasteiger partial charge >= 0.3 is 0 Å². The van der Waals surface area contributed by atoms with Gasteiger partial charge in [0.05, 0.1) is 15.7 Å². The molecule has 5 nitrogen and oxygen atoms in total. The van der Waals surface area contributed by atoms with Gasteiger partial charge in [-0.1, -0.05) is 19.1 Å². The molecular formula is C12H18N2O3S. The van der Waals surface area contributed by atoms with E-state index in [-0.39, 0.29) is 11.7 Å². The van der Waals surface area contributed by atoms with Crippen molar-refractivity contribution in [1.29, 1.82) is 0 Å². The monoisotopic (exact) mass is 270 g/mol. The van der Waals surface area contributed by atoms with Crippen molar-refractivity contribution in [3.05, 3.63) is 34.4 Å². The highest BCUT2D eigenvalue weighted by atomic mass is 32.2. The molecular weight excluding hydrogens is 252 g/mol. The van der Waals surface area contributed by atoms with E-state index >= 15 is 0 Å². The molecule has 0 amide bonds. The molecule has 18 heavy (non-hydrogen) atoms. The van der Waals surface area contributed by atoms with Crippen LogP contribution in [0.3, 0.4) is 0 Å². The van der Waals surface area contributed by atoms with E-state index < -0.39 is 15.7 Å². The summed E-state index contributed by atoms with van der Waals surface area (Å²) in [5, 5.41) is 10.8. The minimum atomic E-state index is -1.33. The van der Waals surface area contributed by atoms with Crippen molar-refractivity contribution in [3.8, 4) is 0 Å². The first-order chi connectivity index (χ1) is 8.56. The summed E-state index contributed by atoms with van der Waals surface area (Å²) in [6.45, 7) is 2.00. The summed E-state index contributed by atoms with van der Waals surface area (Å²) in [5.74, 6) is 0.415. The molecule has 1 aromatic rings. The fraction of sp³-hybridized carbons (Fsp3) is 0.500. The van der Waals surface area contributed by atoms with Crippen LogP contribution in [-0.2, 0) is 10.8 Å². The summed E-state index contributed by atoms with van der Waals surface area (Å²) in [4.78, 5) is 10.6. The lowest BCUT2D eigenvalue weighted by Gasteiger charge is -2.08. The molecule has 6 heteroatoms. The number of hydrogen-bond donors (Lipinski definition) is 1. The average Bonchev–Trinajstić information content (AvgIpc) is 2.38. The number of nitro benzene ring substituents is 1. The van der Waals surface area contributed by atoms with Gasteiger partial charge in [0, 0.05) is 17.9 Å². The van der Waals surface area contributed by atoms with E-state index in [1.165, 1.54) is 6.07 Å². The summed E-state index contributed by atoms with van der Waals surface area (Å²) >= 11 is 0. The van der Waals surface area contributed by atoms with Crippen molar-refractivity contribution >= 4 is 16.5 Å². The molecule has 0 radical (unpaired) electrons. The molecule has 0 aliphatic rings. The van der Waals surface area contributed by atoms with Gasteiger partial charge in [-0.2, -0.15) is 0 Å². The maximum atomic E-state index is 12.0. The zero-order valence-corrected chi connectivity index (χ0v) is 11.2. The summed E-state index contributed by atoms with van der Waals surface area (Å²) in [7, 11) is -1.33. The van der Waals surface area contributed by atoms with Gasteiger partial charge in [-0.3, -0.25) is 14.3 Å². The zero-order valence-electron chi connectivity index (χ0n) is 10.4. The van der Waals surface area contributed by atoms with Crippen molar-refractivity contribution in [1.82, 2.24) is 0 Å². The Morgan fingerprint density at radius 2 is 2.11 bits per heavy atom. The lowest BCUT2D eigenvalue weighted by atomic mass is 10.1. The second kappa shape index (κ2) is 7.23. The Bertz CT molecular complexity index is 437.